The third kappa shape index (κ3) is 5.49. The summed E-state index contributed by atoms with van der Waals surface area (Å²) in [7, 11) is 2.17. The average molecular weight is 398 g/mol. The van der Waals surface area contributed by atoms with Crippen molar-refractivity contribution in [2.45, 2.75) is 50.3 Å². The van der Waals surface area contributed by atoms with Crippen LogP contribution in [0.2, 0.25) is 0 Å². The van der Waals surface area contributed by atoms with Gasteiger partial charge in [-0.2, -0.15) is 0 Å². The van der Waals surface area contributed by atoms with Gasteiger partial charge in [-0.15, -0.1) is 0 Å². The Balaban J connectivity index is 1.53. The van der Waals surface area contributed by atoms with Crippen molar-refractivity contribution < 1.29 is 15.0 Å². The van der Waals surface area contributed by atoms with Crippen LogP contribution < -0.4 is 16.0 Å². The number of anilines is 1. The van der Waals surface area contributed by atoms with Gasteiger partial charge in [0, 0.05) is 31.4 Å². The van der Waals surface area contributed by atoms with Gasteiger partial charge in [0.2, 0.25) is 0 Å². The highest BCUT2D eigenvalue weighted by Crippen LogP contribution is 2.26. The molecule has 5 N–H and O–H groups in total. The van der Waals surface area contributed by atoms with E-state index in [4.69, 9.17) is 5.73 Å². The number of benzene rings is 2. The van der Waals surface area contributed by atoms with Gasteiger partial charge in [0.1, 0.15) is 5.75 Å². The van der Waals surface area contributed by atoms with Gasteiger partial charge in [-0.3, -0.25) is 4.79 Å². The van der Waals surface area contributed by atoms with Gasteiger partial charge in [0.05, 0.1) is 11.7 Å². The molecule has 3 rings (SSSR count). The van der Waals surface area contributed by atoms with Gasteiger partial charge in [0.25, 0.3) is 5.91 Å². The van der Waals surface area contributed by atoms with Gasteiger partial charge in [-0.25, -0.2) is 0 Å². The maximum Gasteiger partial charge on any atom is 0.252 e. The highest BCUT2D eigenvalue weighted by molar-refractivity contribution is 5.95. The topological polar surface area (TPSA) is 98.8 Å². The van der Waals surface area contributed by atoms with Crippen LogP contribution in [-0.4, -0.2) is 41.8 Å². The Bertz CT molecular complexity index is 812. The van der Waals surface area contributed by atoms with Crippen LogP contribution in [0.5, 0.6) is 5.75 Å². The van der Waals surface area contributed by atoms with E-state index in [1.54, 1.807) is 6.07 Å². The van der Waals surface area contributed by atoms with Crippen LogP contribution in [-0.2, 0) is 0 Å². The fraction of sp³-hybridized carbons (Fsp3) is 0.435. The molecule has 0 saturated heterocycles. The number of carbonyl (C=O) groups is 1. The molecule has 6 heteroatoms. The lowest BCUT2D eigenvalue weighted by Crippen LogP contribution is -2.34. The highest BCUT2D eigenvalue weighted by atomic mass is 16.3. The average Bonchev–Trinajstić information content (AvgIpc) is 2.98. The molecule has 3 atom stereocenters. The summed E-state index contributed by atoms with van der Waals surface area (Å²) in [5.41, 5.74) is 7.12. The van der Waals surface area contributed by atoms with Crippen LogP contribution in [0.3, 0.4) is 0 Å². The Labute approximate surface area is 172 Å². The number of nitrogens with two attached hydrogens (primary N) is 1. The third-order valence-electron chi connectivity index (χ3n) is 5.92. The Morgan fingerprint density at radius 1 is 1.17 bits per heavy atom. The van der Waals surface area contributed by atoms with E-state index in [2.05, 4.69) is 41.5 Å². The van der Waals surface area contributed by atoms with Crippen molar-refractivity contribution in [1.29, 1.82) is 0 Å². The van der Waals surface area contributed by atoms with E-state index in [1.165, 1.54) is 17.8 Å². The molecule has 0 aromatic heterocycles. The minimum Gasteiger partial charge on any atom is -0.507 e. The normalized spacial score (nSPS) is 20.6. The number of hydrogen-bond acceptors (Lipinski definition) is 5. The third-order valence-corrected chi connectivity index (χ3v) is 5.92. The Morgan fingerprint density at radius 2 is 1.93 bits per heavy atom. The number of amides is 1. The molecule has 6 nitrogen and oxygen atoms in total. The summed E-state index contributed by atoms with van der Waals surface area (Å²) in [5, 5.41) is 23.7. The molecule has 29 heavy (non-hydrogen) atoms. The molecule has 0 radical (unpaired) electrons. The molecule has 2 aromatic rings. The highest BCUT2D eigenvalue weighted by Gasteiger charge is 2.23. The number of hydrogen-bond donors (Lipinski definition) is 4. The quantitative estimate of drug-likeness (QED) is 0.539. The Kier molecular flexibility index (Phi) is 7.12. The molecule has 0 heterocycles. The Morgan fingerprint density at radius 3 is 2.66 bits per heavy atom. The summed E-state index contributed by atoms with van der Waals surface area (Å²) >= 11 is 0. The number of rotatable bonds is 7. The van der Waals surface area contributed by atoms with Gasteiger partial charge >= 0.3 is 0 Å². The second-order valence-electron chi connectivity index (χ2n) is 7.87. The zero-order chi connectivity index (χ0) is 20.8. The smallest absolute Gasteiger partial charge is 0.252 e. The summed E-state index contributed by atoms with van der Waals surface area (Å²) in [5.74, 6) is -0.874. The first-order valence-corrected chi connectivity index (χ1v) is 10.3. The van der Waals surface area contributed by atoms with Gasteiger partial charge < -0.3 is 26.2 Å². The van der Waals surface area contributed by atoms with Crippen LogP contribution in [0.4, 0.5) is 5.69 Å². The minimum atomic E-state index is -0.764. The molecular weight excluding hydrogens is 366 g/mol. The van der Waals surface area contributed by atoms with Gasteiger partial charge in [0.15, 0.2) is 0 Å². The van der Waals surface area contributed by atoms with E-state index in [0.29, 0.717) is 24.2 Å². The lowest BCUT2D eigenvalue weighted by atomic mass is 10.0. The van der Waals surface area contributed by atoms with Crippen molar-refractivity contribution in [2.24, 2.45) is 5.73 Å². The summed E-state index contributed by atoms with van der Waals surface area (Å²) < 4.78 is 0. The number of phenols is 1. The molecule has 1 amide bonds. The van der Waals surface area contributed by atoms with Crippen LogP contribution >= 0.6 is 0 Å². The molecule has 1 aliphatic carbocycles. The predicted molar refractivity (Wildman–Crippen MR) is 115 cm³/mol. The lowest BCUT2D eigenvalue weighted by molar-refractivity contribution is 0.0997. The van der Waals surface area contributed by atoms with Crippen molar-refractivity contribution in [1.82, 2.24) is 5.32 Å². The predicted octanol–water partition coefficient (Wildman–Crippen LogP) is 2.95. The molecule has 0 aliphatic heterocycles. The molecule has 1 fully saturated rings. The second kappa shape index (κ2) is 9.76. The zero-order valence-corrected chi connectivity index (χ0v) is 16.9. The SMILES string of the molecule is CN(c1ccccc1)[C@H]1CCC[C@H](NCC(O)c2ccc(O)c(C(N)=O)c2)CC1. The molecular formula is C23H31N3O3. The van der Waals surface area contributed by atoms with E-state index in [0.717, 1.165) is 32.1 Å². The molecule has 0 spiro atoms. The monoisotopic (exact) mass is 397 g/mol. The van der Waals surface area contributed by atoms with Gasteiger partial charge in [-0.05, 0) is 61.9 Å². The van der Waals surface area contributed by atoms with Crippen LogP contribution in [0.1, 0.15) is 54.1 Å². The molecule has 156 valence electrons. The van der Waals surface area contributed by atoms with Crippen molar-refractivity contribution in [2.75, 3.05) is 18.5 Å². The van der Waals surface area contributed by atoms with Crippen LogP contribution in [0, 0.1) is 0 Å². The zero-order valence-electron chi connectivity index (χ0n) is 16.9. The Hall–Kier alpha value is -2.57. The number of primary amides is 1. The van der Waals surface area contributed by atoms with Crippen molar-refractivity contribution in [3.8, 4) is 5.75 Å². The summed E-state index contributed by atoms with van der Waals surface area (Å²) in [6, 6.07) is 15.8. The fourth-order valence-corrected chi connectivity index (χ4v) is 4.10. The number of aromatic hydroxyl groups is 1. The molecule has 2 aromatic carbocycles. The van der Waals surface area contributed by atoms with Crippen molar-refractivity contribution in [3.63, 3.8) is 0 Å². The largest absolute Gasteiger partial charge is 0.507 e. The van der Waals surface area contributed by atoms with Crippen LogP contribution in [0.25, 0.3) is 0 Å². The van der Waals surface area contributed by atoms with E-state index in [9.17, 15) is 15.0 Å². The number of carbonyl (C=O) groups excluding carboxylic acids is 1. The molecule has 1 unspecified atom stereocenters. The summed E-state index contributed by atoms with van der Waals surface area (Å²) in [6.07, 6.45) is 4.77. The first-order valence-electron chi connectivity index (χ1n) is 10.3. The maximum absolute atomic E-state index is 11.4. The first-order chi connectivity index (χ1) is 14.0. The maximum atomic E-state index is 11.4. The van der Waals surface area contributed by atoms with Crippen LogP contribution in [0.15, 0.2) is 48.5 Å². The van der Waals surface area contributed by atoms with Crippen molar-refractivity contribution in [3.05, 3.63) is 59.7 Å². The number of nitrogens with one attached hydrogen (secondary N) is 1. The molecule has 1 aliphatic rings. The van der Waals surface area contributed by atoms with Gasteiger partial charge in [-0.1, -0.05) is 24.3 Å². The molecule has 1 saturated carbocycles. The van der Waals surface area contributed by atoms with Crippen molar-refractivity contribution >= 4 is 11.6 Å². The standard InChI is InChI=1S/C23H31N3O3/c1-26(18-7-3-2-4-8-18)19-9-5-6-17(11-12-19)25-15-22(28)16-10-13-21(27)20(14-16)23(24)29/h2-4,7-8,10,13-14,17,19,22,25,27-28H,5-6,9,11-12,15H2,1H3,(H2,24,29)/t17-,19-,22?/m0/s1. The van der Waals surface area contributed by atoms with E-state index >= 15 is 0 Å². The number of nitrogens with zero attached hydrogens (tertiary/aromatic N) is 1. The van der Waals surface area contributed by atoms with E-state index in [-0.39, 0.29) is 11.3 Å². The van der Waals surface area contributed by atoms with E-state index in [1.807, 2.05) is 6.07 Å². The fourth-order valence-electron chi connectivity index (χ4n) is 4.10. The number of aliphatic hydroxyl groups excluding tert-OH is 1. The number of aliphatic hydroxyl groups is 1. The van der Waals surface area contributed by atoms with E-state index < -0.39 is 12.0 Å². The first kappa shape index (κ1) is 21.1. The lowest BCUT2D eigenvalue weighted by Gasteiger charge is -2.29. The minimum absolute atomic E-state index is 0.0304. The summed E-state index contributed by atoms with van der Waals surface area (Å²) in [6.45, 7) is 0.396. The summed E-state index contributed by atoms with van der Waals surface area (Å²) in [4.78, 5) is 13.8. The number of para-hydroxylation sites is 1. The second-order valence-corrected chi connectivity index (χ2v) is 7.87. The molecule has 0 bridgehead atoms.